The van der Waals surface area contributed by atoms with Gasteiger partial charge in [-0.25, -0.2) is 4.39 Å². The van der Waals surface area contributed by atoms with Gasteiger partial charge in [0.05, 0.1) is 13.2 Å². The van der Waals surface area contributed by atoms with Crippen LogP contribution in [-0.4, -0.2) is 31.0 Å². The van der Waals surface area contributed by atoms with E-state index in [9.17, 15) is 9.18 Å². The summed E-state index contributed by atoms with van der Waals surface area (Å²) < 4.78 is 16.4. The molecular weight excluding hydrogens is 199 g/mol. The maximum Gasteiger partial charge on any atom is 0.305 e. The van der Waals surface area contributed by atoms with E-state index in [1.165, 1.54) is 7.11 Å². The first-order valence-corrected chi connectivity index (χ1v) is 5.51. The molecule has 0 bridgehead atoms. The fraction of sp³-hybridized carbons (Fsp3) is 0.909. The Morgan fingerprint density at radius 1 is 1.27 bits per heavy atom. The van der Waals surface area contributed by atoms with E-state index < -0.39 is 12.8 Å². The molecule has 0 spiro atoms. The Morgan fingerprint density at radius 2 is 1.87 bits per heavy atom. The molecule has 0 amide bonds. The summed E-state index contributed by atoms with van der Waals surface area (Å²) >= 11 is 0. The van der Waals surface area contributed by atoms with Crippen molar-refractivity contribution in [1.29, 1.82) is 0 Å². The van der Waals surface area contributed by atoms with Crippen molar-refractivity contribution in [3.05, 3.63) is 0 Å². The third kappa shape index (κ3) is 9.66. The Morgan fingerprint density at radius 3 is 2.47 bits per heavy atom. The summed E-state index contributed by atoms with van der Waals surface area (Å²) in [6.45, 7) is -0.650. The summed E-state index contributed by atoms with van der Waals surface area (Å²) in [7, 11) is 1.39. The third-order valence-electron chi connectivity index (χ3n) is 2.32. The Hall–Kier alpha value is -0.640. The van der Waals surface area contributed by atoms with Gasteiger partial charge in [0.15, 0.2) is 0 Å². The molecule has 0 heterocycles. The number of esters is 1. The number of unbranched alkanes of at least 4 members (excludes halogenated alkanes) is 4. The molecule has 3 nitrogen and oxygen atoms in total. The summed E-state index contributed by atoms with van der Waals surface area (Å²) in [6.07, 6.45) is 4.91. The van der Waals surface area contributed by atoms with E-state index >= 15 is 0 Å². The molecule has 0 aliphatic rings. The number of ether oxygens (including phenoxy) is 1. The first-order valence-electron chi connectivity index (χ1n) is 5.51. The van der Waals surface area contributed by atoms with Crippen LogP contribution >= 0.6 is 0 Å². The molecule has 0 aromatic carbocycles. The molecule has 0 saturated heterocycles. The van der Waals surface area contributed by atoms with Gasteiger partial charge in [0.25, 0.3) is 0 Å². The number of methoxy groups -OCH3 is 1. The second-order valence-electron chi connectivity index (χ2n) is 3.69. The van der Waals surface area contributed by atoms with E-state index in [1.54, 1.807) is 0 Å². The van der Waals surface area contributed by atoms with Gasteiger partial charge < -0.3 is 9.84 Å². The van der Waals surface area contributed by atoms with Crippen LogP contribution in [0.3, 0.4) is 0 Å². The van der Waals surface area contributed by atoms with Gasteiger partial charge in [-0.15, -0.1) is 0 Å². The maximum atomic E-state index is 11.8. The highest BCUT2D eigenvalue weighted by atomic mass is 19.1. The number of aliphatic hydroxyl groups excluding tert-OH is 1. The average molecular weight is 220 g/mol. The van der Waals surface area contributed by atoms with Gasteiger partial charge in [-0.05, 0) is 12.8 Å². The van der Waals surface area contributed by atoms with Crippen LogP contribution in [0, 0.1) is 0 Å². The summed E-state index contributed by atoms with van der Waals surface area (Å²) in [5.74, 6) is -0.164. The van der Waals surface area contributed by atoms with Gasteiger partial charge >= 0.3 is 5.97 Å². The third-order valence-corrected chi connectivity index (χ3v) is 2.32. The van der Waals surface area contributed by atoms with Crippen molar-refractivity contribution < 1.29 is 19.0 Å². The number of halogens is 1. The number of carbonyl (C=O) groups is 1. The molecule has 1 atom stereocenters. The lowest BCUT2D eigenvalue weighted by molar-refractivity contribution is -0.140. The quantitative estimate of drug-likeness (QED) is 0.478. The lowest BCUT2D eigenvalue weighted by Crippen LogP contribution is -2.07. The molecule has 0 aromatic rings. The van der Waals surface area contributed by atoms with Crippen LogP contribution in [0.2, 0.25) is 0 Å². The van der Waals surface area contributed by atoms with Gasteiger partial charge in [0.2, 0.25) is 0 Å². The van der Waals surface area contributed by atoms with Crippen molar-refractivity contribution in [2.45, 2.75) is 51.0 Å². The molecule has 4 heteroatoms. The van der Waals surface area contributed by atoms with E-state index in [0.29, 0.717) is 12.8 Å². The summed E-state index contributed by atoms with van der Waals surface area (Å²) in [5.41, 5.74) is 0. The topological polar surface area (TPSA) is 46.5 Å². The Balaban J connectivity index is 3.08. The minimum Gasteiger partial charge on any atom is -0.469 e. The van der Waals surface area contributed by atoms with Crippen molar-refractivity contribution in [2.24, 2.45) is 0 Å². The molecule has 0 unspecified atom stereocenters. The lowest BCUT2D eigenvalue weighted by atomic mass is 10.1. The SMILES string of the molecule is COC(=O)CCCCCCC[C@@H](O)CF. The molecular formula is C11H21FO3. The average Bonchev–Trinajstić information content (AvgIpc) is 2.26. The normalized spacial score (nSPS) is 12.5. The Labute approximate surface area is 90.6 Å². The van der Waals surface area contributed by atoms with Gasteiger partial charge in [0, 0.05) is 6.42 Å². The fourth-order valence-electron chi connectivity index (χ4n) is 1.36. The van der Waals surface area contributed by atoms with Crippen LogP contribution in [0.4, 0.5) is 4.39 Å². The van der Waals surface area contributed by atoms with Crippen molar-refractivity contribution in [1.82, 2.24) is 0 Å². The van der Waals surface area contributed by atoms with Crippen LogP contribution in [0.15, 0.2) is 0 Å². The van der Waals surface area contributed by atoms with Gasteiger partial charge in [-0.1, -0.05) is 25.7 Å². The van der Waals surface area contributed by atoms with Gasteiger partial charge in [-0.3, -0.25) is 4.79 Å². The van der Waals surface area contributed by atoms with Crippen LogP contribution < -0.4 is 0 Å². The molecule has 0 saturated carbocycles. The number of aliphatic hydroxyl groups is 1. The maximum absolute atomic E-state index is 11.8. The highest BCUT2D eigenvalue weighted by Gasteiger charge is 2.02. The lowest BCUT2D eigenvalue weighted by Gasteiger charge is -2.05. The summed E-state index contributed by atoms with van der Waals surface area (Å²) in [4.78, 5) is 10.7. The Bertz CT molecular complexity index is 162. The number of hydrogen-bond acceptors (Lipinski definition) is 3. The molecule has 0 fully saturated rings. The highest BCUT2D eigenvalue weighted by molar-refractivity contribution is 5.68. The van der Waals surface area contributed by atoms with Crippen LogP contribution in [0.5, 0.6) is 0 Å². The molecule has 0 rings (SSSR count). The smallest absolute Gasteiger partial charge is 0.305 e. The van der Waals surface area contributed by atoms with Crippen LogP contribution in [-0.2, 0) is 9.53 Å². The molecule has 0 radical (unpaired) electrons. The van der Waals surface area contributed by atoms with Crippen molar-refractivity contribution in [2.75, 3.05) is 13.8 Å². The predicted octanol–water partition coefficient (Wildman–Crippen LogP) is 2.22. The molecule has 0 aromatic heterocycles. The molecule has 15 heavy (non-hydrogen) atoms. The first kappa shape index (κ1) is 14.4. The molecule has 90 valence electrons. The molecule has 0 aliphatic carbocycles. The zero-order valence-corrected chi connectivity index (χ0v) is 9.38. The van der Waals surface area contributed by atoms with Crippen molar-refractivity contribution >= 4 is 5.97 Å². The zero-order chi connectivity index (χ0) is 11.5. The van der Waals surface area contributed by atoms with Crippen LogP contribution in [0.25, 0.3) is 0 Å². The van der Waals surface area contributed by atoms with Crippen LogP contribution in [0.1, 0.15) is 44.9 Å². The summed E-state index contributed by atoms with van der Waals surface area (Å²) in [6, 6.07) is 0. The number of hydrogen-bond donors (Lipinski definition) is 1. The zero-order valence-electron chi connectivity index (χ0n) is 9.38. The summed E-state index contributed by atoms with van der Waals surface area (Å²) in [5, 5.41) is 8.93. The second-order valence-corrected chi connectivity index (χ2v) is 3.69. The van der Waals surface area contributed by atoms with Gasteiger partial charge in [0.1, 0.15) is 6.67 Å². The van der Waals surface area contributed by atoms with E-state index in [4.69, 9.17) is 5.11 Å². The first-order chi connectivity index (χ1) is 7.20. The van der Waals surface area contributed by atoms with E-state index in [0.717, 1.165) is 32.1 Å². The van der Waals surface area contributed by atoms with Crippen molar-refractivity contribution in [3.8, 4) is 0 Å². The standard InChI is InChI=1S/C11H21FO3/c1-15-11(14)8-6-4-2-3-5-7-10(13)9-12/h10,13H,2-9H2,1H3/t10-/m1/s1. The molecule has 1 N–H and O–H groups in total. The van der Waals surface area contributed by atoms with E-state index in [1.807, 2.05) is 0 Å². The Kier molecular flexibility index (Phi) is 9.48. The number of alkyl halides is 1. The molecule has 0 aliphatic heterocycles. The monoisotopic (exact) mass is 220 g/mol. The van der Waals surface area contributed by atoms with E-state index in [-0.39, 0.29) is 5.97 Å². The number of carbonyl (C=O) groups excluding carboxylic acids is 1. The van der Waals surface area contributed by atoms with Gasteiger partial charge in [-0.2, -0.15) is 0 Å². The van der Waals surface area contributed by atoms with Crippen molar-refractivity contribution in [3.63, 3.8) is 0 Å². The predicted molar refractivity (Wildman–Crippen MR) is 56.3 cm³/mol. The van der Waals surface area contributed by atoms with E-state index in [2.05, 4.69) is 4.74 Å². The minimum atomic E-state index is -0.792. The second kappa shape index (κ2) is 9.90. The largest absolute Gasteiger partial charge is 0.469 e. The highest BCUT2D eigenvalue weighted by Crippen LogP contribution is 2.09. The fourth-order valence-corrected chi connectivity index (χ4v) is 1.36. The number of rotatable bonds is 9. The minimum absolute atomic E-state index is 0.164.